The molecule has 1 heterocycles. The predicted molar refractivity (Wildman–Crippen MR) is 114 cm³/mol. The zero-order valence-corrected chi connectivity index (χ0v) is 18.5. The van der Waals surface area contributed by atoms with E-state index in [-0.39, 0.29) is 16.2 Å². The number of sulfonamides is 1. The van der Waals surface area contributed by atoms with Crippen LogP contribution in [0.4, 0.5) is 0 Å². The molecule has 12 heteroatoms. The van der Waals surface area contributed by atoms with Crippen LogP contribution in [0.3, 0.4) is 0 Å². The molecule has 1 aliphatic rings. The van der Waals surface area contributed by atoms with Crippen molar-refractivity contribution in [2.45, 2.75) is 11.3 Å². The molecular formula is C21H22N2O9S. The van der Waals surface area contributed by atoms with E-state index in [4.69, 9.17) is 18.9 Å². The number of esters is 1. The molecular weight excluding hydrogens is 456 g/mol. The number of imide groups is 1. The zero-order chi connectivity index (χ0) is 23.8. The quantitative estimate of drug-likeness (QED) is 0.522. The van der Waals surface area contributed by atoms with Gasteiger partial charge in [0, 0.05) is 18.1 Å². The molecule has 3 rings (SSSR count). The van der Waals surface area contributed by atoms with Crippen LogP contribution in [0.25, 0.3) is 0 Å². The number of hydrogen-bond donors (Lipinski definition) is 2. The van der Waals surface area contributed by atoms with Crippen molar-refractivity contribution in [1.29, 1.82) is 0 Å². The van der Waals surface area contributed by atoms with Gasteiger partial charge in [-0.15, -0.1) is 0 Å². The second-order valence-electron chi connectivity index (χ2n) is 6.75. The Morgan fingerprint density at radius 3 is 2.39 bits per heavy atom. The van der Waals surface area contributed by atoms with E-state index in [1.54, 1.807) is 12.1 Å². The third-order valence-corrected chi connectivity index (χ3v) is 5.80. The fourth-order valence-electron chi connectivity index (χ4n) is 2.72. The molecule has 0 spiro atoms. The van der Waals surface area contributed by atoms with Gasteiger partial charge in [-0.25, -0.2) is 8.42 Å². The van der Waals surface area contributed by atoms with Crippen LogP contribution in [-0.2, 0) is 24.3 Å². The van der Waals surface area contributed by atoms with E-state index in [0.717, 1.165) is 0 Å². The number of benzene rings is 2. The molecule has 0 saturated heterocycles. The molecule has 2 aromatic rings. The molecule has 0 radical (unpaired) electrons. The van der Waals surface area contributed by atoms with Crippen LogP contribution in [0.5, 0.6) is 17.2 Å². The summed E-state index contributed by atoms with van der Waals surface area (Å²) in [4.78, 5) is 35.6. The highest BCUT2D eigenvalue weighted by atomic mass is 32.2. The van der Waals surface area contributed by atoms with Crippen molar-refractivity contribution in [2.75, 3.05) is 33.5 Å². The second kappa shape index (κ2) is 10.8. The normalized spacial score (nSPS) is 12.9. The molecule has 2 aromatic carbocycles. The Morgan fingerprint density at radius 2 is 1.70 bits per heavy atom. The minimum Gasteiger partial charge on any atom is -0.497 e. The third kappa shape index (κ3) is 6.67. The summed E-state index contributed by atoms with van der Waals surface area (Å²) < 4.78 is 47.6. The first kappa shape index (κ1) is 24.0. The SMILES string of the molecule is COc1ccc(C(=O)NC(=O)COC(=O)CNS(=O)(=O)c2ccc3c(c2)OCCCO3)cc1. The summed E-state index contributed by atoms with van der Waals surface area (Å²) in [7, 11) is -2.57. The van der Waals surface area contributed by atoms with Crippen LogP contribution in [0.1, 0.15) is 16.8 Å². The Morgan fingerprint density at radius 1 is 1.00 bits per heavy atom. The van der Waals surface area contributed by atoms with Crippen molar-refractivity contribution in [2.24, 2.45) is 0 Å². The van der Waals surface area contributed by atoms with Crippen molar-refractivity contribution < 1.29 is 41.7 Å². The maximum absolute atomic E-state index is 12.4. The maximum atomic E-state index is 12.4. The molecule has 2 amide bonds. The lowest BCUT2D eigenvalue weighted by Gasteiger charge is -2.11. The van der Waals surface area contributed by atoms with Gasteiger partial charge in [-0.1, -0.05) is 0 Å². The molecule has 0 atom stereocenters. The molecule has 0 bridgehead atoms. The zero-order valence-electron chi connectivity index (χ0n) is 17.7. The van der Waals surface area contributed by atoms with E-state index >= 15 is 0 Å². The van der Waals surface area contributed by atoms with E-state index < -0.39 is 41.0 Å². The highest BCUT2D eigenvalue weighted by molar-refractivity contribution is 7.89. The smallest absolute Gasteiger partial charge is 0.321 e. The summed E-state index contributed by atoms with van der Waals surface area (Å²) in [5, 5.41) is 2.06. The van der Waals surface area contributed by atoms with Crippen molar-refractivity contribution in [3.05, 3.63) is 48.0 Å². The molecule has 11 nitrogen and oxygen atoms in total. The van der Waals surface area contributed by atoms with Gasteiger partial charge in [0.15, 0.2) is 18.1 Å². The van der Waals surface area contributed by atoms with E-state index in [1.807, 2.05) is 0 Å². The first-order chi connectivity index (χ1) is 15.8. The van der Waals surface area contributed by atoms with Gasteiger partial charge in [-0.2, -0.15) is 4.72 Å². The number of rotatable bonds is 8. The number of methoxy groups -OCH3 is 1. The number of fused-ring (bicyclic) bond motifs is 1. The van der Waals surface area contributed by atoms with E-state index in [0.29, 0.717) is 31.1 Å². The van der Waals surface area contributed by atoms with Crippen molar-refractivity contribution in [3.8, 4) is 17.2 Å². The molecule has 33 heavy (non-hydrogen) atoms. The number of carbonyl (C=O) groups excluding carboxylic acids is 3. The second-order valence-corrected chi connectivity index (χ2v) is 8.52. The van der Waals surface area contributed by atoms with Gasteiger partial charge in [0.05, 0.1) is 25.2 Å². The van der Waals surface area contributed by atoms with Crippen LogP contribution in [0.15, 0.2) is 47.4 Å². The van der Waals surface area contributed by atoms with Gasteiger partial charge in [-0.3, -0.25) is 19.7 Å². The first-order valence-electron chi connectivity index (χ1n) is 9.81. The van der Waals surface area contributed by atoms with Crippen LogP contribution < -0.4 is 24.2 Å². The highest BCUT2D eigenvalue weighted by Gasteiger charge is 2.20. The molecule has 0 aliphatic carbocycles. The predicted octanol–water partition coefficient (Wildman–Crippen LogP) is 0.635. The largest absolute Gasteiger partial charge is 0.497 e. The van der Waals surface area contributed by atoms with Crippen molar-refractivity contribution >= 4 is 27.8 Å². The first-order valence-corrected chi connectivity index (χ1v) is 11.3. The fraction of sp³-hybridized carbons (Fsp3) is 0.286. The summed E-state index contributed by atoms with van der Waals surface area (Å²) in [6.45, 7) is -0.620. The molecule has 0 aromatic heterocycles. The summed E-state index contributed by atoms with van der Waals surface area (Å²) in [5.41, 5.74) is 0.207. The lowest BCUT2D eigenvalue weighted by Crippen LogP contribution is -2.36. The monoisotopic (exact) mass is 478 g/mol. The van der Waals surface area contributed by atoms with Gasteiger partial charge in [-0.05, 0) is 36.4 Å². The van der Waals surface area contributed by atoms with Gasteiger partial charge in [0.2, 0.25) is 10.0 Å². The lowest BCUT2D eigenvalue weighted by molar-refractivity contribution is -0.147. The Balaban J connectivity index is 1.47. The lowest BCUT2D eigenvalue weighted by atomic mass is 10.2. The van der Waals surface area contributed by atoms with E-state index in [9.17, 15) is 22.8 Å². The summed E-state index contributed by atoms with van der Waals surface area (Å²) >= 11 is 0. The summed E-state index contributed by atoms with van der Waals surface area (Å²) in [6, 6.07) is 10.1. The van der Waals surface area contributed by atoms with Gasteiger partial charge >= 0.3 is 5.97 Å². The number of ether oxygens (including phenoxy) is 4. The van der Waals surface area contributed by atoms with E-state index in [2.05, 4.69) is 10.0 Å². The Bertz CT molecular complexity index is 1130. The number of hydrogen-bond acceptors (Lipinski definition) is 9. The Kier molecular flexibility index (Phi) is 7.85. The van der Waals surface area contributed by atoms with Crippen LogP contribution >= 0.6 is 0 Å². The number of carbonyl (C=O) groups is 3. The average molecular weight is 478 g/mol. The van der Waals surface area contributed by atoms with Crippen LogP contribution in [0, 0.1) is 0 Å². The molecule has 2 N–H and O–H groups in total. The van der Waals surface area contributed by atoms with Crippen LogP contribution in [0.2, 0.25) is 0 Å². The van der Waals surface area contributed by atoms with Gasteiger partial charge in [0.25, 0.3) is 11.8 Å². The molecule has 0 unspecified atom stereocenters. The molecule has 0 saturated carbocycles. The average Bonchev–Trinajstić information content (AvgIpc) is 3.06. The fourth-order valence-corrected chi connectivity index (χ4v) is 3.71. The van der Waals surface area contributed by atoms with Crippen LogP contribution in [-0.4, -0.2) is 59.7 Å². The van der Waals surface area contributed by atoms with Gasteiger partial charge < -0.3 is 18.9 Å². The topological polar surface area (TPSA) is 146 Å². The van der Waals surface area contributed by atoms with Crippen molar-refractivity contribution in [1.82, 2.24) is 10.0 Å². The molecule has 0 fully saturated rings. The molecule has 176 valence electrons. The van der Waals surface area contributed by atoms with Gasteiger partial charge in [0.1, 0.15) is 12.3 Å². The minimum absolute atomic E-state index is 0.123. The standard InChI is InChI=1S/C21H22N2O9S/c1-29-15-5-3-14(4-6-15)21(26)23-19(24)13-32-20(25)12-22-33(27,28)16-7-8-17-18(11-16)31-10-2-9-30-17/h3-8,11,22H,2,9-10,12-13H2,1H3,(H,23,24,26). The summed E-state index contributed by atoms with van der Waals surface area (Å²) in [6.07, 6.45) is 0.667. The Hall–Kier alpha value is -3.64. The van der Waals surface area contributed by atoms with E-state index in [1.165, 1.54) is 37.4 Å². The third-order valence-electron chi connectivity index (χ3n) is 4.41. The Labute approximate surface area is 190 Å². The summed E-state index contributed by atoms with van der Waals surface area (Å²) in [5.74, 6) is -1.29. The maximum Gasteiger partial charge on any atom is 0.321 e. The molecule has 1 aliphatic heterocycles. The highest BCUT2D eigenvalue weighted by Crippen LogP contribution is 2.31. The minimum atomic E-state index is -4.05. The van der Waals surface area contributed by atoms with Crippen molar-refractivity contribution in [3.63, 3.8) is 0 Å². The number of amides is 2. The number of nitrogens with one attached hydrogen (secondary N) is 2.